The molecule has 0 aliphatic heterocycles. The van der Waals surface area contributed by atoms with Gasteiger partial charge in [-0.15, -0.1) is 0 Å². The summed E-state index contributed by atoms with van der Waals surface area (Å²) >= 11 is 6.78. The number of nitrogens with zero attached hydrogens (tertiary/aromatic N) is 2. The first-order valence-electron chi connectivity index (χ1n) is 13.8. The van der Waals surface area contributed by atoms with Crippen LogP contribution in [0.1, 0.15) is 11.1 Å². The van der Waals surface area contributed by atoms with Gasteiger partial charge in [0.2, 0.25) is 0 Å². The van der Waals surface area contributed by atoms with Gasteiger partial charge in [0.25, 0.3) is 0 Å². The van der Waals surface area contributed by atoms with E-state index in [0.29, 0.717) is 29.3 Å². The van der Waals surface area contributed by atoms with Gasteiger partial charge < -0.3 is 20.5 Å². The number of rotatable bonds is 12. The fraction of sp³-hybridized carbons (Fsp3) is 0.176. The molecule has 0 aliphatic carbocycles. The van der Waals surface area contributed by atoms with E-state index in [1.165, 1.54) is 12.1 Å². The SMILES string of the molecule is COc1cccc(CNCC(O)C(Cc2cc(F)cc(F)c2)Nc2nc(-c3ccccc3)nc(Cl)c2-c2ccccc2)c1. The Labute approximate surface area is 254 Å². The molecule has 0 fully saturated rings. The standard InChI is InChI=1S/C34H31ClF2N4O2/c1-43-28-14-8-9-22(17-28)20-38-21-30(42)29(18-23-15-26(36)19-27(37)16-23)39-34-31(24-10-4-2-5-11-24)32(35)40-33(41-34)25-12-6-3-7-13-25/h2-17,19,29-30,38,42H,18,20-21H2,1H3,(H,39,40,41). The molecule has 5 aromatic rings. The minimum atomic E-state index is -0.991. The van der Waals surface area contributed by atoms with E-state index in [1.54, 1.807) is 7.11 Å². The van der Waals surface area contributed by atoms with Crippen molar-refractivity contribution in [2.75, 3.05) is 19.0 Å². The van der Waals surface area contributed by atoms with Gasteiger partial charge >= 0.3 is 0 Å². The third-order valence-corrected chi connectivity index (χ3v) is 7.21. The van der Waals surface area contributed by atoms with Crippen LogP contribution in [-0.4, -0.2) is 40.9 Å². The highest BCUT2D eigenvalue weighted by Gasteiger charge is 2.24. The lowest BCUT2D eigenvalue weighted by atomic mass is 9.99. The number of nitrogens with one attached hydrogen (secondary N) is 2. The molecule has 6 nitrogen and oxygen atoms in total. The first-order valence-corrected chi connectivity index (χ1v) is 14.2. The van der Waals surface area contributed by atoms with E-state index < -0.39 is 23.8 Å². The Hall–Kier alpha value is -4.37. The van der Waals surface area contributed by atoms with Crippen molar-refractivity contribution in [3.8, 4) is 28.3 Å². The van der Waals surface area contributed by atoms with Crippen LogP contribution in [0, 0.1) is 11.6 Å². The third-order valence-electron chi connectivity index (χ3n) is 6.94. The lowest BCUT2D eigenvalue weighted by Crippen LogP contribution is -2.42. The molecule has 0 amide bonds. The van der Waals surface area contributed by atoms with Crippen molar-refractivity contribution >= 4 is 17.4 Å². The van der Waals surface area contributed by atoms with E-state index >= 15 is 0 Å². The van der Waals surface area contributed by atoms with Crippen LogP contribution in [0.3, 0.4) is 0 Å². The zero-order valence-electron chi connectivity index (χ0n) is 23.5. The highest BCUT2D eigenvalue weighted by molar-refractivity contribution is 6.32. The Morgan fingerprint density at radius 2 is 1.49 bits per heavy atom. The summed E-state index contributed by atoms with van der Waals surface area (Å²) < 4.78 is 33.6. The molecule has 1 aromatic heterocycles. The molecule has 3 N–H and O–H groups in total. The summed E-state index contributed by atoms with van der Waals surface area (Å²) in [5.74, 6) is 0.130. The summed E-state index contributed by atoms with van der Waals surface area (Å²) in [5, 5.41) is 18.3. The topological polar surface area (TPSA) is 79.3 Å². The molecular weight excluding hydrogens is 570 g/mol. The molecule has 9 heteroatoms. The average molecular weight is 601 g/mol. The van der Waals surface area contributed by atoms with Gasteiger partial charge in [0.15, 0.2) is 5.82 Å². The minimum Gasteiger partial charge on any atom is -0.497 e. The predicted molar refractivity (Wildman–Crippen MR) is 166 cm³/mol. The van der Waals surface area contributed by atoms with Crippen LogP contribution >= 0.6 is 11.6 Å². The number of ether oxygens (including phenoxy) is 1. The number of methoxy groups -OCH3 is 1. The van der Waals surface area contributed by atoms with Gasteiger partial charge in [-0.3, -0.25) is 0 Å². The molecule has 4 aromatic carbocycles. The van der Waals surface area contributed by atoms with Gasteiger partial charge in [-0.05, 0) is 47.4 Å². The van der Waals surface area contributed by atoms with Crippen LogP contribution in [-0.2, 0) is 13.0 Å². The average Bonchev–Trinajstić information content (AvgIpc) is 3.01. The lowest BCUT2D eigenvalue weighted by Gasteiger charge is -2.27. The quantitative estimate of drug-likeness (QED) is 0.135. The monoisotopic (exact) mass is 600 g/mol. The molecule has 220 valence electrons. The molecule has 0 saturated heterocycles. The molecule has 0 spiro atoms. The van der Waals surface area contributed by atoms with Gasteiger partial charge in [-0.2, -0.15) is 0 Å². The molecule has 43 heavy (non-hydrogen) atoms. The van der Waals surface area contributed by atoms with Crippen molar-refractivity contribution in [3.05, 3.63) is 131 Å². The molecular formula is C34H31ClF2N4O2. The van der Waals surface area contributed by atoms with Gasteiger partial charge in [0.1, 0.15) is 28.4 Å². The number of hydrogen-bond donors (Lipinski definition) is 3. The Morgan fingerprint density at radius 1 is 0.814 bits per heavy atom. The van der Waals surface area contributed by atoms with E-state index in [0.717, 1.165) is 28.5 Å². The maximum atomic E-state index is 14.2. The fourth-order valence-corrected chi connectivity index (χ4v) is 5.12. The van der Waals surface area contributed by atoms with Crippen molar-refractivity contribution in [3.63, 3.8) is 0 Å². The molecule has 0 radical (unpaired) electrons. The number of aliphatic hydroxyl groups is 1. The molecule has 2 atom stereocenters. The van der Waals surface area contributed by atoms with Gasteiger partial charge in [-0.1, -0.05) is 84.4 Å². The summed E-state index contributed by atoms with van der Waals surface area (Å²) in [6.45, 7) is 0.653. The number of hydrogen-bond acceptors (Lipinski definition) is 6. The normalized spacial score (nSPS) is 12.5. The third kappa shape index (κ3) is 7.93. The number of aromatic nitrogens is 2. The van der Waals surface area contributed by atoms with E-state index in [1.807, 2.05) is 84.9 Å². The molecule has 0 saturated carbocycles. The van der Waals surface area contributed by atoms with Crippen LogP contribution in [0.4, 0.5) is 14.6 Å². The number of aliphatic hydroxyl groups excluding tert-OH is 1. The summed E-state index contributed by atoms with van der Waals surface area (Å²) in [7, 11) is 1.61. The lowest BCUT2D eigenvalue weighted by molar-refractivity contribution is 0.148. The van der Waals surface area contributed by atoms with Crippen molar-refractivity contribution < 1.29 is 18.6 Å². The van der Waals surface area contributed by atoms with Gasteiger partial charge in [0, 0.05) is 24.7 Å². The number of halogens is 3. The Balaban J connectivity index is 1.48. The maximum absolute atomic E-state index is 14.2. The van der Waals surface area contributed by atoms with Crippen LogP contribution in [0.5, 0.6) is 5.75 Å². The van der Waals surface area contributed by atoms with Gasteiger partial charge in [-0.25, -0.2) is 18.7 Å². The summed E-state index contributed by atoms with van der Waals surface area (Å²) in [6.07, 6.45) is -0.887. The summed E-state index contributed by atoms with van der Waals surface area (Å²) in [5.41, 5.74) is 3.44. The fourth-order valence-electron chi connectivity index (χ4n) is 4.85. The van der Waals surface area contributed by atoms with Crippen LogP contribution in [0.25, 0.3) is 22.5 Å². The smallest absolute Gasteiger partial charge is 0.163 e. The highest BCUT2D eigenvalue weighted by Crippen LogP contribution is 2.35. The molecule has 0 aliphatic rings. The van der Waals surface area contributed by atoms with Crippen LogP contribution < -0.4 is 15.4 Å². The van der Waals surface area contributed by atoms with Crippen LogP contribution in [0.2, 0.25) is 5.15 Å². The van der Waals surface area contributed by atoms with Crippen molar-refractivity contribution in [2.24, 2.45) is 0 Å². The Morgan fingerprint density at radius 3 is 2.16 bits per heavy atom. The second kappa shape index (κ2) is 14.2. The van der Waals surface area contributed by atoms with Crippen molar-refractivity contribution in [2.45, 2.75) is 25.1 Å². The Kier molecular flexibility index (Phi) is 9.94. The zero-order chi connectivity index (χ0) is 30.2. The molecule has 5 rings (SSSR count). The summed E-state index contributed by atoms with van der Waals surface area (Å²) in [6, 6.07) is 29.1. The molecule has 0 bridgehead atoms. The predicted octanol–water partition coefficient (Wildman–Crippen LogP) is 6.92. The van der Waals surface area contributed by atoms with E-state index in [-0.39, 0.29) is 18.1 Å². The van der Waals surface area contributed by atoms with E-state index in [9.17, 15) is 13.9 Å². The van der Waals surface area contributed by atoms with E-state index in [4.69, 9.17) is 21.3 Å². The number of benzene rings is 4. The Bertz CT molecular complexity index is 1640. The van der Waals surface area contributed by atoms with Crippen LogP contribution in [0.15, 0.2) is 103 Å². The largest absolute Gasteiger partial charge is 0.497 e. The molecule has 2 unspecified atom stereocenters. The second-order valence-electron chi connectivity index (χ2n) is 10.1. The number of anilines is 1. The molecule has 1 heterocycles. The second-order valence-corrected chi connectivity index (χ2v) is 10.4. The zero-order valence-corrected chi connectivity index (χ0v) is 24.2. The minimum absolute atomic E-state index is 0.104. The maximum Gasteiger partial charge on any atom is 0.163 e. The van der Waals surface area contributed by atoms with Gasteiger partial charge in [0.05, 0.1) is 24.8 Å². The van der Waals surface area contributed by atoms with Crippen molar-refractivity contribution in [1.29, 1.82) is 0 Å². The van der Waals surface area contributed by atoms with E-state index in [2.05, 4.69) is 15.6 Å². The summed E-state index contributed by atoms with van der Waals surface area (Å²) in [4.78, 5) is 9.39. The highest BCUT2D eigenvalue weighted by atomic mass is 35.5. The van der Waals surface area contributed by atoms with Crippen molar-refractivity contribution in [1.82, 2.24) is 15.3 Å². The first-order chi connectivity index (χ1) is 20.9. The first kappa shape index (κ1) is 30.1.